The van der Waals surface area contributed by atoms with E-state index in [-0.39, 0.29) is 24.9 Å². The van der Waals surface area contributed by atoms with E-state index >= 15 is 0 Å². The number of esters is 1. The van der Waals surface area contributed by atoms with E-state index < -0.39 is 6.10 Å². The molecule has 2 aromatic carbocycles. The van der Waals surface area contributed by atoms with Crippen molar-refractivity contribution in [3.05, 3.63) is 78.4 Å². The Morgan fingerprint density at radius 1 is 1.07 bits per heavy atom. The Hall–Kier alpha value is -2.59. The number of carbonyl (C=O) groups is 1. The number of aliphatic hydroxyl groups is 1. The standard InChI is InChI=1S/C23H28O4/c1-3-20(22(24)15-11-18-7-5-4-6-8-18)12-16-23(25)27-17-19-9-13-21(26-2)14-10-19/h3-10,13-14,20,22,24H,1,11-12,15-17H2,2H3/t20-,22-/m0/s1. The minimum absolute atomic E-state index is 0.123. The monoisotopic (exact) mass is 368 g/mol. The fraction of sp³-hybridized carbons (Fsp3) is 0.348. The zero-order valence-corrected chi connectivity index (χ0v) is 15.8. The van der Waals surface area contributed by atoms with E-state index in [0.29, 0.717) is 12.8 Å². The van der Waals surface area contributed by atoms with Gasteiger partial charge in [0, 0.05) is 12.3 Å². The SMILES string of the molecule is C=C[C@@H](CCC(=O)OCc1ccc(OC)cc1)[C@@H](O)CCc1ccccc1. The van der Waals surface area contributed by atoms with Crippen LogP contribution < -0.4 is 4.74 Å². The van der Waals surface area contributed by atoms with Gasteiger partial charge in [-0.25, -0.2) is 0 Å². The van der Waals surface area contributed by atoms with Crippen LogP contribution in [-0.4, -0.2) is 24.3 Å². The summed E-state index contributed by atoms with van der Waals surface area (Å²) in [7, 11) is 1.61. The molecule has 2 rings (SSSR count). The smallest absolute Gasteiger partial charge is 0.306 e. The molecule has 0 aliphatic carbocycles. The van der Waals surface area contributed by atoms with Crippen molar-refractivity contribution < 1.29 is 19.4 Å². The van der Waals surface area contributed by atoms with Gasteiger partial charge in [0.1, 0.15) is 12.4 Å². The average molecular weight is 368 g/mol. The molecule has 0 amide bonds. The maximum Gasteiger partial charge on any atom is 0.306 e. The van der Waals surface area contributed by atoms with Crippen molar-refractivity contribution in [1.82, 2.24) is 0 Å². The summed E-state index contributed by atoms with van der Waals surface area (Å²) in [6.45, 7) is 4.04. The number of rotatable bonds is 11. The Bertz CT molecular complexity index is 694. The van der Waals surface area contributed by atoms with Crippen LogP contribution in [0.3, 0.4) is 0 Å². The van der Waals surface area contributed by atoms with Gasteiger partial charge in [-0.2, -0.15) is 0 Å². The molecule has 0 saturated heterocycles. The van der Waals surface area contributed by atoms with E-state index in [1.807, 2.05) is 54.6 Å². The Morgan fingerprint density at radius 3 is 2.41 bits per heavy atom. The first-order chi connectivity index (χ1) is 13.1. The molecular formula is C23H28O4. The van der Waals surface area contributed by atoms with Crippen LogP contribution in [-0.2, 0) is 22.6 Å². The Kier molecular flexibility index (Phi) is 8.59. The van der Waals surface area contributed by atoms with Crippen LogP contribution in [0.4, 0.5) is 0 Å². The molecule has 2 atom stereocenters. The summed E-state index contributed by atoms with van der Waals surface area (Å²) in [6.07, 6.45) is 3.44. The lowest BCUT2D eigenvalue weighted by Gasteiger charge is -2.19. The van der Waals surface area contributed by atoms with Gasteiger partial charge < -0.3 is 14.6 Å². The highest BCUT2D eigenvalue weighted by molar-refractivity contribution is 5.69. The zero-order valence-electron chi connectivity index (χ0n) is 15.8. The first-order valence-electron chi connectivity index (χ1n) is 9.25. The summed E-state index contributed by atoms with van der Waals surface area (Å²) < 4.78 is 10.4. The van der Waals surface area contributed by atoms with E-state index in [4.69, 9.17) is 9.47 Å². The van der Waals surface area contributed by atoms with Crippen LogP contribution in [0.2, 0.25) is 0 Å². The molecule has 0 aliphatic heterocycles. The number of methoxy groups -OCH3 is 1. The van der Waals surface area contributed by atoms with Crippen LogP contribution >= 0.6 is 0 Å². The second-order valence-electron chi connectivity index (χ2n) is 6.54. The van der Waals surface area contributed by atoms with Crippen molar-refractivity contribution in [3.63, 3.8) is 0 Å². The number of hydrogen-bond donors (Lipinski definition) is 1. The number of ether oxygens (including phenoxy) is 2. The molecule has 0 spiro atoms. The fourth-order valence-electron chi connectivity index (χ4n) is 2.88. The van der Waals surface area contributed by atoms with Crippen molar-refractivity contribution in [2.45, 2.75) is 38.4 Å². The topological polar surface area (TPSA) is 55.8 Å². The number of benzene rings is 2. The Labute approximate surface area is 161 Å². The highest BCUT2D eigenvalue weighted by Gasteiger charge is 2.18. The predicted molar refractivity (Wildman–Crippen MR) is 106 cm³/mol. The third kappa shape index (κ3) is 7.27. The lowest BCUT2D eigenvalue weighted by atomic mass is 9.92. The number of aliphatic hydroxyl groups excluding tert-OH is 1. The molecule has 4 nitrogen and oxygen atoms in total. The van der Waals surface area contributed by atoms with Gasteiger partial charge >= 0.3 is 5.97 Å². The van der Waals surface area contributed by atoms with E-state index in [2.05, 4.69) is 6.58 Å². The molecule has 27 heavy (non-hydrogen) atoms. The summed E-state index contributed by atoms with van der Waals surface area (Å²) in [5.74, 6) is 0.374. The van der Waals surface area contributed by atoms with Gasteiger partial charge in [-0.05, 0) is 42.5 Å². The van der Waals surface area contributed by atoms with Crippen LogP contribution in [0.5, 0.6) is 5.75 Å². The van der Waals surface area contributed by atoms with Gasteiger partial charge in [-0.1, -0.05) is 48.5 Å². The lowest BCUT2D eigenvalue weighted by molar-refractivity contribution is -0.145. The van der Waals surface area contributed by atoms with Crippen molar-refractivity contribution in [3.8, 4) is 5.75 Å². The Balaban J connectivity index is 1.71. The molecule has 1 N–H and O–H groups in total. The summed E-state index contributed by atoms with van der Waals surface area (Å²) in [4.78, 5) is 12.0. The Morgan fingerprint density at radius 2 is 1.78 bits per heavy atom. The molecule has 0 saturated carbocycles. The fourth-order valence-corrected chi connectivity index (χ4v) is 2.88. The molecule has 0 unspecified atom stereocenters. The van der Waals surface area contributed by atoms with Gasteiger partial charge in [0.2, 0.25) is 0 Å². The summed E-state index contributed by atoms with van der Waals surface area (Å²) in [5, 5.41) is 10.4. The molecule has 4 heteroatoms. The minimum Gasteiger partial charge on any atom is -0.497 e. The second-order valence-corrected chi connectivity index (χ2v) is 6.54. The van der Waals surface area contributed by atoms with Crippen molar-refractivity contribution >= 4 is 5.97 Å². The van der Waals surface area contributed by atoms with E-state index in [9.17, 15) is 9.90 Å². The van der Waals surface area contributed by atoms with E-state index in [0.717, 1.165) is 17.7 Å². The van der Waals surface area contributed by atoms with Gasteiger partial charge in [0.25, 0.3) is 0 Å². The maximum atomic E-state index is 12.0. The molecule has 2 aromatic rings. The van der Waals surface area contributed by atoms with Gasteiger partial charge in [0.05, 0.1) is 13.2 Å². The number of hydrogen-bond acceptors (Lipinski definition) is 4. The molecular weight excluding hydrogens is 340 g/mol. The normalized spacial score (nSPS) is 12.8. The lowest BCUT2D eigenvalue weighted by Crippen LogP contribution is -2.20. The van der Waals surface area contributed by atoms with E-state index in [1.54, 1.807) is 13.2 Å². The van der Waals surface area contributed by atoms with E-state index in [1.165, 1.54) is 5.56 Å². The van der Waals surface area contributed by atoms with Gasteiger partial charge in [-0.3, -0.25) is 4.79 Å². The van der Waals surface area contributed by atoms with Gasteiger partial charge in [-0.15, -0.1) is 6.58 Å². The molecule has 0 aliphatic rings. The molecule has 0 radical (unpaired) electrons. The van der Waals surface area contributed by atoms with Crippen LogP contribution in [0, 0.1) is 5.92 Å². The van der Waals surface area contributed by atoms with Crippen molar-refractivity contribution in [2.75, 3.05) is 7.11 Å². The van der Waals surface area contributed by atoms with Crippen LogP contribution in [0.25, 0.3) is 0 Å². The van der Waals surface area contributed by atoms with Crippen molar-refractivity contribution in [1.29, 1.82) is 0 Å². The van der Waals surface area contributed by atoms with Crippen LogP contribution in [0.1, 0.15) is 30.4 Å². The summed E-state index contributed by atoms with van der Waals surface area (Å²) in [5.41, 5.74) is 2.10. The highest BCUT2D eigenvalue weighted by atomic mass is 16.5. The number of carbonyl (C=O) groups excluding carboxylic acids is 1. The third-order valence-corrected chi connectivity index (χ3v) is 4.61. The molecule has 0 fully saturated rings. The van der Waals surface area contributed by atoms with Gasteiger partial charge in [0.15, 0.2) is 0 Å². The first-order valence-corrected chi connectivity index (χ1v) is 9.25. The highest BCUT2D eigenvalue weighted by Crippen LogP contribution is 2.19. The third-order valence-electron chi connectivity index (χ3n) is 4.61. The van der Waals surface area contributed by atoms with Crippen molar-refractivity contribution in [2.24, 2.45) is 5.92 Å². The largest absolute Gasteiger partial charge is 0.497 e. The molecule has 144 valence electrons. The summed E-state index contributed by atoms with van der Waals surface area (Å²) >= 11 is 0. The second kappa shape index (κ2) is 11.2. The zero-order chi connectivity index (χ0) is 19.5. The molecule has 0 aromatic heterocycles. The molecule has 0 bridgehead atoms. The summed E-state index contributed by atoms with van der Waals surface area (Å²) in [6, 6.07) is 17.5. The quantitative estimate of drug-likeness (QED) is 0.474. The maximum absolute atomic E-state index is 12.0. The average Bonchev–Trinajstić information content (AvgIpc) is 2.72. The minimum atomic E-state index is -0.517. The first kappa shape index (κ1) is 20.7. The van der Waals surface area contributed by atoms with Crippen LogP contribution in [0.15, 0.2) is 67.3 Å². The predicted octanol–water partition coefficient (Wildman–Crippen LogP) is 4.31. The number of aryl methyl sites for hydroxylation is 1. The molecule has 0 heterocycles.